The van der Waals surface area contributed by atoms with Crippen molar-refractivity contribution in [3.8, 4) is 0 Å². The number of hydrogen-bond donors (Lipinski definition) is 0. The van der Waals surface area contributed by atoms with Crippen LogP contribution in [0.3, 0.4) is 0 Å². The standard InChI is InChI=1S/C12H12N2O/c1-14(2)12-10(8-15)7-9-5-3-4-6-11(9)13-12/h3-8H,1-2H3/p+1. The van der Waals surface area contributed by atoms with Crippen molar-refractivity contribution in [2.75, 3.05) is 19.0 Å². The van der Waals surface area contributed by atoms with Gasteiger partial charge in [-0.1, -0.05) is 18.2 Å². The molecule has 15 heavy (non-hydrogen) atoms. The summed E-state index contributed by atoms with van der Waals surface area (Å²) in [5.41, 5.74) is 1.71. The number of aldehydes is 1. The largest absolute Gasteiger partial charge is 0.298 e. The summed E-state index contributed by atoms with van der Waals surface area (Å²) in [6.45, 7) is 0. The zero-order valence-corrected chi connectivity index (χ0v) is 8.82. The van der Waals surface area contributed by atoms with Gasteiger partial charge in [0.15, 0.2) is 6.29 Å². The van der Waals surface area contributed by atoms with Crippen LogP contribution in [0.5, 0.6) is 0 Å². The molecule has 2 aromatic rings. The van der Waals surface area contributed by atoms with E-state index in [1.807, 2.05) is 49.3 Å². The quantitative estimate of drug-likeness (QED) is 0.691. The first-order valence-corrected chi connectivity index (χ1v) is 4.80. The number of aromatic nitrogens is 1. The Hall–Kier alpha value is -1.90. The van der Waals surface area contributed by atoms with Gasteiger partial charge in [-0.3, -0.25) is 9.69 Å². The van der Waals surface area contributed by atoms with Crippen LogP contribution >= 0.6 is 0 Å². The van der Waals surface area contributed by atoms with E-state index in [9.17, 15) is 4.79 Å². The van der Waals surface area contributed by atoms with Crippen molar-refractivity contribution in [3.05, 3.63) is 35.9 Å². The van der Waals surface area contributed by atoms with Gasteiger partial charge < -0.3 is 0 Å². The molecule has 0 aliphatic carbocycles. The molecule has 3 heteroatoms. The number of carbonyl (C=O) groups is 1. The van der Waals surface area contributed by atoms with Gasteiger partial charge in [-0.2, -0.15) is 0 Å². The second kappa shape index (κ2) is 3.69. The molecule has 0 radical (unpaired) electrons. The molecule has 0 saturated heterocycles. The lowest BCUT2D eigenvalue weighted by Crippen LogP contribution is -2.22. The third-order valence-corrected chi connectivity index (χ3v) is 2.37. The Kier molecular flexibility index (Phi) is 2.37. The number of nitrogens with zero attached hydrogens (tertiary/aromatic N) is 1. The van der Waals surface area contributed by atoms with Gasteiger partial charge in [-0.15, -0.1) is 0 Å². The van der Waals surface area contributed by atoms with Crippen molar-refractivity contribution >= 4 is 23.0 Å². The summed E-state index contributed by atoms with van der Waals surface area (Å²) in [6.07, 6.45) is 0.873. The van der Waals surface area contributed by atoms with Crippen LogP contribution in [-0.4, -0.2) is 20.4 Å². The molecule has 1 aromatic carbocycles. The second-order valence-corrected chi connectivity index (χ2v) is 3.67. The molecular formula is C12H13N2O+. The molecule has 0 bridgehead atoms. The minimum atomic E-state index is 0.679. The predicted octanol–water partition coefficient (Wildman–Crippen LogP) is 1.53. The number of carbonyl (C=O) groups excluding carboxylic acids is 1. The Bertz CT molecular complexity index is 506. The molecule has 1 heterocycles. The summed E-state index contributed by atoms with van der Waals surface area (Å²) in [5, 5.41) is 1.05. The Morgan fingerprint density at radius 2 is 2.00 bits per heavy atom. The first-order valence-electron chi connectivity index (χ1n) is 4.80. The highest BCUT2D eigenvalue weighted by Gasteiger charge is 2.13. The van der Waals surface area contributed by atoms with E-state index < -0.39 is 0 Å². The minimum absolute atomic E-state index is 0.679. The third kappa shape index (κ3) is 1.68. The predicted molar refractivity (Wildman–Crippen MR) is 60.2 cm³/mol. The van der Waals surface area contributed by atoms with Crippen LogP contribution in [0.15, 0.2) is 30.3 Å². The normalized spacial score (nSPS) is 10.3. The number of nitrogens with one attached hydrogen (secondary N) is 1. The average molecular weight is 201 g/mol. The fourth-order valence-electron chi connectivity index (χ4n) is 1.63. The smallest absolute Gasteiger partial charge is 0.285 e. The lowest BCUT2D eigenvalue weighted by atomic mass is 10.1. The van der Waals surface area contributed by atoms with E-state index in [4.69, 9.17) is 0 Å². The maximum absolute atomic E-state index is 10.9. The van der Waals surface area contributed by atoms with Gasteiger partial charge >= 0.3 is 0 Å². The molecule has 0 atom stereocenters. The summed E-state index contributed by atoms with van der Waals surface area (Å²) in [6, 6.07) is 9.81. The molecule has 0 unspecified atom stereocenters. The SMILES string of the molecule is CN(C)c1[nH+]c2ccccc2cc1C=O. The second-order valence-electron chi connectivity index (χ2n) is 3.67. The summed E-state index contributed by atoms with van der Waals surface area (Å²) >= 11 is 0. The Labute approximate surface area is 88.3 Å². The highest BCUT2D eigenvalue weighted by atomic mass is 16.1. The molecule has 2 rings (SSSR count). The molecule has 0 saturated carbocycles. The van der Waals surface area contributed by atoms with E-state index in [1.54, 1.807) is 0 Å². The molecule has 0 spiro atoms. The average Bonchev–Trinajstić information content (AvgIpc) is 2.27. The molecule has 0 aliphatic rings. The number of benzene rings is 1. The van der Waals surface area contributed by atoms with Crippen molar-refractivity contribution in [2.45, 2.75) is 0 Å². The number of para-hydroxylation sites is 1. The van der Waals surface area contributed by atoms with Crippen LogP contribution in [-0.2, 0) is 0 Å². The number of hydrogen-bond acceptors (Lipinski definition) is 2. The molecule has 3 nitrogen and oxygen atoms in total. The fraction of sp³-hybridized carbons (Fsp3) is 0.167. The molecule has 1 N–H and O–H groups in total. The number of pyridine rings is 1. The van der Waals surface area contributed by atoms with Crippen molar-refractivity contribution in [1.29, 1.82) is 0 Å². The van der Waals surface area contributed by atoms with Gasteiger partial charge in [0.25, 0.3) is 5.82 Å². The first kappa shape index (κ1) is 9.65. The Balaban J connectivity index is 2.74. The fourth-order valence-corrected chi connectivity index (χ4v) is 1.63. The van der Waals surface area contributed by atoms with Gasteiger partial charge in [0.1, 0.15) is 11.1 Å². The highest BCUT2D eigenvalue weighted by molar-refractivity contribution is 5.88. The van der Waals surface area contributed by atoms with Gasteiger partial charge in [0.05, 0.1) is 14.1 Å². The molecule has 1 aromatic heterocycles. The lowest BCUT2D eigenvalue weighted by molar-refractivity contribution is -0.330. The van der Waals surface area contributed by atoms with Crippen LogP contribution in [0.2, 0.25) is 0 Å². The number of H-pyrrole nitrogens is 1. The zero-order chi connectivity index (χ0) is 10.8. The maximum atomic E-state index is 10.9. The van der Waals surface area contributed by atoms with E-state index >= 15 is 0 Å². The van der Waals surface area contributed by atoms with E-state index in [-0.39, 0.29) is 0 Å². The van der Waals surface area contributed by atoms with Crippen molar-refractivity contribution < 1.29 is 9.78 Å². The van der Waals surface area contributed by atoms with Crippen LogP contribution in [0.1, 0.15) is 10.4 Å². The van der Waals surface area contributed by atoms with E-state index in [2.05, 4.69) is 4.98 Å². The highest BCUT2D eigenvalue weighted by Crippen LogP contribution is 2.16. The molecule has 0 aliphatic heterocycles. The summed E-state index contributed by atoms with van der Waals surface area (Å²) in [7, 11) is 3.82. The minimum Gasteiger partial charge on any atom is -0.298 e. The van der Waals surface area contributed by atoms with Crippen LogP contribution < -0.4 is 9.88 Å². The zero-order valence-electron chi connectivity index (χ0n) is 8.82. The molecule has 0 amide bonds. The monoisotopic (exact) mass is 201 g/mol. The van der Waals surface area contributed by atoms with Gasteiger partial charge in [0.2, 0.25) is 0 Å². The maximum Gasteiger partial charge on any atom is 0.285 e. The van der Waals surface area contributed by atoms with Gasteiger partial charge in [-0.25, -0.2) is 4.98 Å². The van der Waals surface area contributed by atoms with Crippen LogP contribution in [0.4, 0.5) is 5.82 Å². The Morgan fingerprint density at radius 3 is 2.67 bits per heavy atom. The van der Waals surface area contributed by atoms with Crippen molar-refractivity contribution in [2.24, 2.45) is 0 Å². The summed E-state index contributed by atoms with van der Waals surface area (Å²) in [5.74, 6) is 0.837. The molecule has 76 valence electrons. The van der Waals surface area contributed by atoms with Crippen molar-refractivity contribution in [3.63, 3.8) is 0 Å². The number of rotatable bonds is 2. The molecular weight excluding hydrogens is 188 g/mol. The van der Waals surface area contributed by atoms with Gasteiger partial charge in [-0.05, 0) is 12.1 Å². The van der Waals surface area contributed by atoms with Crippen LogP contribution in [0.25, 0.3) is 10.9 Å². The summed E-state index contributed by atoms with van der Waals surface area (Å²) < 4.78 is 0. The lowest BCUT2D eigenvalue weighted by Gasteiger charge is -2.07. The van der Waals surface area contributed by atoms with Gasteiger partial charge in [0, 0.05) is 5.39 Å². The number of aromatic amines is 1. The van der Waals surface area contributed by atoms with E-state index in [0.29, 0.717) is 5.56 Å². The van der Waals surface area contributed by atoms with E-state index in [0.717, 1.165) is 23.0 Å². The number of anilines is 1. The van der Waals surface area contributed by atoms with Crippen molar-refractivity contribution in [1.82, 2.24) is 0 Å². The molecule has 0 fully saturated rings. The van der Waals surface area contributed by atoms with E-state index in [1.165, 1.54) is 0 Å². The third-order valence-electron chi connectivity index (χ3n) is 2.37. The first-order chi connectivity index (χ1) is 7.22. The number of fused-ring (bicyclic) bond motifs is 1. The van der Waals surface area contributed by atoms with Crippen LogP contribution in [0, 0.1) is 0 Å². The summed E-state index contributed by atoms with van der Waals surface area (Å²) in [4.78, 5) is 16.1. The topological polar surface area (TPSA) is 34.5 Å². The Morgan fingerprint density at radius 1 is 1.27 bits per heavy atom.